The summed E-state index contributed by atoms with van der Waals surface area (Å²) in [4.78, 5) is 27.2. The molecule has 0 radical (unpaired) electrons. The van der Waals surface area contributed by atoms with Gasteiger partial charge >= 0.3 is 6.03 Å². The van der Waals surface area contributed by atoms with Gasteiger partial charge in [0.25, 0.3) is 5.91 Å². The molecule has 0 spiro atoms. The number of rotatable bonds is 9. The lowest BCUT2D eigenvalue weighted by molar-refractivity contribution is -0.133. The number of hydrogen-bond donors (Lipinski definition) is 1. The Bertz CT molecular complexity index is 979. The lowest BCUT2D eigenvalue weighted by Gasteiger charge is -2.27. The van der Waals surface area contributed by atoms with E-state index in [0.717, 1.165) is 22.6 Å². The Kier molecular flexibility index (Phi) is 8.37. The molecule has 176 valence electrons. The first-order valence-corrected chi connectivity index (χ1v) is 10.8. The molecule has 1 heterocycles. The molecule has 0 unspecified atom stereocenters. The largest absolute Gasteiger partial charge is 0.497 e. The van der Waals surface area contributed by atoms with Gasteiger partial charge in [0.1, 0.15) is 18.1 Å². The van der Waals surface area contributed by atoms with Crippen molar-refractivity contribution in [1.29, 1.82) is 0 Å². The summed E-state index contributed by atoms with van der Waals surface area (Å²) in [6, 6.07) is 12.7. The highest BCUT2D eigenvalue weighted by atomic mass is 19.1. The molecule has 0 aromatic heterocycles. The third kappa shape index (κ3) is 6.07. The molecule has 1 N–H and O–H groups in total. The van der Waals surface area contributed by atoms with Gasteiger partial charge in [-0.3, -0.25) is 4.79 Å². The van der Waals surface area contributed by atoms with Crippen LogP contribution >= 0.6 is 0 Å². The Morgan fingerprint density at radius 2 is 1.85 bits per heavy atom. The van der Waals surface area contributed by atoms with Gasteiger partial charge in [0.2, 0.25) is 0 Å². The van der Waals surface area contributed by atoms with Crippen LogP contribution in [0.3, 0.4) is 0 Å². The minimum atomic E-state index is -0.409. The van der Waals surface area contributed by atoms with E-state index in [0.29, 0.717) is 19.6 Å². The summed E-state index contributed by atoms with van der Waals surface area (Å²) < 4.78 is 23.8. The molecule has 0 fully saturated rings. The molecule has 0 saturated carbocycles. The van der Waals surface area contributed by atoms with E-state index in [1.54, 1.807) is 19.2 Å². The molecule has 3 amide bonds. The number of methoxy groups -OCH3 is 2. The molecule has 33 heavy (non-hydrogen) atoms. The zero-order valence-electron chi connectivity index (χ0n) is 19.1. The van der Waals surface area contributed by atoms with Crippen molar-refractivity contribution in [1.82, 2.24) is 15.2 Å². The van der Waals surface area contributed by atoms with Crippen molar-refractivity contribution < 1.29 is 23.5 Å². The molecular formula is C24H29FN4O4. The molecule has 0 saturated heterocycles. The molecule has 2 aromatic rings. The van der Waals surface area contributed by atoms with Crippen LogP contribution in [0.25, 0.3) is 0 Å². The number of halogens is 1. The predicted octanol–water partition coefficient (Wildman–Crippen LogP) is 3.19. The maximum absolute atomic E-state index is 13.5. The molecule has 9 heteroatoms. The molecule has 1 aliphatic heterocycles. The van der Waals surface area contributed by atoms with E-state index in [9.17, 15) is 14.0 Å². The van der Waals surface area contributed by atoms with Crippen LogP contribution in [0.4, 0.5) is 9.18 Å². The van der Waals surface area contributed by atoms with Gasteiger partial charge in [0, 0.05) is 26.6 Å². The van der Waals surface area contributed by atoms with E-state index >= 15 is 0 Å². The third-order valence-electron chi connectivity index (χ3n) is 5.35. The highest BCUT2D eigenvalue weighted by molar-refractivity contribution is 6.03. The number of benzene rings is 2. The lowest BCUT2D eigenvalue weighted by atomic mass is 9.98. The number of ether oxygens (including phenoxy) is 2. The number of hydrazone groups is 1. The summed E-state index contributed by atoms with van der Waals surface area (Å²) in [5, 5.41) is 8.72. The van der Waals surface area contributed by atoms with Crippen molar-refractivity contribution in [2.75, 3.05) is 40.5 Å². The number of nitrogens with one attached hydrogen (secondary N) is 1. The second-order valence-corrected chi connectivity index (χ2v) is 7.53. The Morgan fingerprint density at radius 3 is 2.45 bits per heavy atom. The first kappa shape index (κ1) is 24.2. The van der Waals surface area contributed by atoms with Crippen LogP contribution in [0.1, 0.15) is 30.5 Å². The number of amides is 3. The lowest BCUT2D eigenvalue weighted by Crippen LogP contribution is -2.47. The molecule has 1 aliphatic rings. The van der Waals surface area contributed by atoms with Gasteiger partial charge < -0.3 is 19.7 Å². The summed E-state index contributed by atoms with van der Waals surface area (Å²) in [6.07, 6.45) is 0.461. The predicted molar refractivity (Wildman–Crippen MR) is 123 cm³/mol. The maximum atomic E-state index is 13.5. The molecule has 8 nitrogen and oxygen atoms in total. The van der Waals surface area contributed by atoms with Crippen molar-refractivity contribution in [3.8, 4) is 5.75 Å². The average molecular weight is 457 g/mol. The Hall–Kier alpha value is -3.46. The first-order chi connectivity index (χ1) is 16.0. The van der Waals surface area contributed by atoms with Gasteiger partial charge in [-0.25, -0.2) is 14.2 Å². The second kappa shape index (κ2) is 11.4. The fourth-order valence-electron chi connectivity index (χ4n) is 3.60. The fraction of sp³-hybridized carbons (Fsp3) is 0.375. The standard InChI is InChI=1S/C24H29FN4O4/c1-4-26-24(31)28(13-14-32-2)16-23(30)29-22(18-5-9-19(25)10-6-18)15-21(27-29)17-7-11-20(33-3)12-8-17/h5-12,22H,4,13-16H2,1-3H3,(H,26,31)/t22-/m0/s1. The zero-order chi connectivity index (χ0) is 23.8. The second-order valence-electron chi connectivity index (χ2n) is 7.53. The van der Waals surface area contributed by atoms with Gasteiger partial charge in [0.05, 0.1) is 25.5 Å². The molecule has 0 bridgehead atoms. The van der Waals surface area contributed by atoms with Crippen molar-refractivity contribution in [2.45, 2.75) is 19.4 Å². The highest BCUT2D eigenvalue weighted by Crippen LogP contribution is 2.33. The quantitative estimate of drug-likeness (QED) is 0.628. The smallest absolute Gasteiger partial charge is 0.317 e. The molecule has 3 rings (SSSR count). The highest BCUT2D eigenvalue weighted by Gasteiger charge is 2.34. The van der Waals surface area contributed by atoms with Crippen molar-refractivity contribution in [2.24, 2.45) is 5.10 Å². The summed E-state index contributed by atoms with van der Waals surface area (Å²) >= 11 is 0. The van der Waals surface area contributed by atoms with Crippen molar-refractivity contribution in [3.63, 3.8) is 0 Å². The van der Waals surface area contributed by atoms with E-state index in [2.05, 4.69) is 10.4 Å². The van der Waals surface area contributed by atoms with Crippen molar-refractivity contribution >= 4 is 17.6 Å². The summed E-state index contributed by atoms with van der Waals surface area (Å²) in [7, 11) is 3.13. The number of carbonyl (C=O) groups excluding carboxylic acids is 2. The Morgan fingerprint density at radius 1 is 1.15 bits per heavy atom. The molecule has 2 aromatic carbocycles. The molecular weight excluding hydrogens is 427 g/mol. The molecule has 1 atom stereocenters. The van der Waals surface area contributed by atoms with Gasteiger partial charge in [-0.15, -0.1) is 0 Å². The minimum absolute atomic E-state index is 0.160. The third-order valence-corrected chi connectivity index (χ3v) is 5.35. The van der Waals surface area contributed by atoms with E-state index in [4.69, 9.17) is 9.47 Å². The summed E-state index contributed by atoms with van der Waals surface area (Å²) in [5.74, 6) is 0.0270. The van der Waals surface area contributed by atoms with E-state index in [-0.39, 0.29) is 30.8 Å². The molecule has 0 aliphatic carbocycles. The van der Waals surface area contributed by atoms with Gasteiger partial charge in [-0.2, -0.15) is 5.10 Å². The number of nitrogens with zero attached hydrogens (tertiary/aromatic N) is 3. The monoisotopic (exact) mass is 456 g/mol. The number of urea groups is 1. The van der Waals surface area contributed by atoms with Crippen LogP contribution in [-0.2, 0) is 9.53 Å². The van der Waals surface area contributed by atoms with Gasteiger partial charge in [-0.1, -0.05) is 12.1 Å². The van der Waals surface area contributed by atoms with Crippen LogP contribution in [0, 0.1) is 5.82 Å². The Balaban J connectivity index is 1.88. The SMILES string of the molecule is CCNC(=O)N(CCOC)CC(=O)N1N=C(c2ccc(OC)cc2)C[C@H]1c1ccc(F)cc1. The summed E-state index contributed by atoms with van der Waals surface area (Å²) in [5.41, 5.74) is 2.35. The Labute approximate surface area is 193 Å². The van der Waals surface area contributed by atoms with Crippen LogP contribution in [-0.4, -0.2) is 68.0 Å². The van der Waals surface area contributed by atoms with E-state index < -0.39 is 6.04 Å². The minimum Gasteiger partial charge on any atom is -0.497 e. The van der Waals surface area contributed by atoms with Gasteiger partial charge in [0.15, 0.2) is 0 Å². The normalized spacial score (nSPS) is 15.2. The van der Waals surface area contributed by atoms with Crippen molar-refractivity contribution in [3.05, 3.63) is 65.5 Å². The first-order valence-electron chi connectivity index (χ1n) is 10.8. The number of carbonyl (C=O) groups is 2. The topological polar surface area (TPSA) is 83.5 Å². The van der Waals surface area contributed by atoms with Crippen LogP contribution in [0.15, 0.2) is 53.6 Å². The van der Waals surface area contributed by atoms with Gasteiger partial charge in [-0.05, 0) is 54.4 Å². The van der Waals surface area contributed by atoms with E-state index in [1.807, 2.05) is 31.2 Å². The van der Waals surface area contributed by atoms with Crippen LogP contribution < -0.4 is 10.1 Å². The average Bonchev–Trinajstić information content (AvgIpc) is 3.28. The van der Waals surface area contributed by atoms with Crippen LogP contribution in [0.5, 0.6) is 5.75 Å². The number of hydrogen-bond acceptors (Lipinski definition) is 5. The van der Waals surface area contributed by atoms with Crippen LogP contribution in [0.2, 0.25) is 0 Å². The summed E-state index contributed by atoms with van der Waals surface area (Å²) in [6.45, 7) is 2.65. The fourth-order valence-corrected chi connectivity index (χ4v) is 3.60. The maximum Gasteiger partial charge on any atom is 0.317 e. The van der Waals surface area contributed by atoms with E-state index in [1.165, 1.54) is 29.2 Å². The zero-order valence-corrected chi connectivity index (χ0v) is 19.1.